The molecule has 8 aromatic carbocycles. The number of carbonyl (C=O) groups excluding carboxylic acids is 2. The first kappa shape index (κ1) is 60.6. The van der Waals surface area contributed by atoms with Crippen LogP contribution in [0, 0.1) is 0 Å². The number of rotatable bonds is 14. The number of benzene rings is 8. The van der Waals surface area contributed by atoms with Crippen molar-refractivity contribution < 1.29 is 28.6 Å². The summed E-state index contributed by atoms with van der Waals surface area (Å²) in [7, 11) is 4.40. The molecule has 0 saturated heterocycles. The third kappa shape index (κ3) is 10.4. The van der Waals surface area contributed by atoms with Crippen LogP contribution in [0.2, 0.25) is 18.1 Å². The minimum Gasteiger partial charge on any atom is -0.543 e. The van der Waals surface area contributed by atoms with E-state index < -0.39 is 31.3 Å². The maximum absolute atomic E-state index is 13.6. The predicted molar refractivity (Wildman–Crippen MR) is 366 cm³/mol. The third-order valence-corrected chi connectivity index (χ3v) is 22.4. The molecule has 93 heavy (non-hydrogen) atoms. The molecular weight excluding hydrogens is 1180 g/mol. The van der Waals surface area contributed by atoms with Gasteiger partial charge in [-0.1, -0.05) is 203 Å². The molecule has 17 heteroatoms. The standard InChI is InChI=1S/C41H41N5O3Si.C35H27N5O3/c1-40(2,3)50(6,7)49-31-23-24-35-32(25-31)36(44-45(35)4)34-26-42-38-37(43-34)33(39(47)48-5)27-46(38)41(28-17-11-8-12-18-28,29-19-13-9-14-20-29)30-21-15-10-16-22-30;1-39-30-19-18-26(41)20-27(30)31(38-39)29-21-36-33-32(37-29)28(34(42)43-2)22-40(33)35(23-12-6-3-7-13-23,24-14-8-4-9-15-24)25-16-10-5-11-17-25/h8-27H,1-7H3;3-22,41H,1-2H3. The van der Waals surface area contributed by atoms with Gasteiger partial charge in [0, 0.05) is 37.3 Å². The van der Waals surface area contributed by atoms with Crippen LogP contribution in [0.15, 0.2) is 243 Å². The number of aryl methyl sites for hydroxylation is 2. The van der Waals surface area contributed by atoms with Gasteiger partial charge in [0.1, 0.15) is 67.5 Å². The van der Waals surface area contributed by atoms with E-state index in [0.29, 0.717) is 50.7 Å². The fourth-order valence-corrected chi connectivity index (χ4v) is 13.6. The predicted octanol–water partition coefficient (Wildman–Crippen LogP) is 15.3. The van der Waals surface area contributed by atoms with Crippen LogP contribution in [0.5, 0.6) is 11.5 Å². The Balaban J connectivity index is 0.000000171. The Morgan fingerprint density at radius 3 is 1.13 bits per heavy atom. The van der Waals surface area contributed by atoms with Gasteiger partial charge in [-0.25, -0.2) is 29.5 Å². The molecule has 0 aliphatic carbocycles. The summed E-state index contributed by atoms with van der Waals surface area (Å²) >= 11 is 0. The van der Waals surface area contributed by atoms with Gasteiger partial charge in [-0.3, -0.25) is 9.36 Å². The summed E-state index contributed by atoms with van der Waals surface area (Å²) in [5.41, 5.74) is 10.6. The monoisotopic (exact) mass is 1240 g/mol. The number of aromatic hydroxyl groups is 1. The zero-order chi connectivity index (χ0) is 64.8. The van der Waals surface area contributed by atoms with E-state index in [2.05, 4.69) is 116 Å². The van der Waals surface area contributed by atoms with E-state index in [0.717, 1.165) is 60.9 Å². The van der Waals surface area contributed by atoms with E-state index in [9.17, 15) is 14.7 Å². The Hall–Kier alpha value is -11.3. The number of nitrogens with zero attached hydrogens (tertiary/aromatic N) is 10. The van der Waals surface area contributed by atoms with Crippen molar-refractivity contribution in [2.45, 2.75) is 50.0 Å². The number of carbonyl (C=O) groups is 2. The molecule has 0 fully saturated rings. The zero-order valence-electron chi connectivity index (χ0n) is 53.1. The molecule has 0 radical (unpaired) electrons. The van der Waals surface area contributed by atoms with Crippen LogP contribution in [0.25, 0.3) is 66.9 Å². The van der Waals surface area contributed by atoms with Crippen LogP contribution in [0.1, 0.15) is 74.9 Å². The normalized spacial score (nSPS) is 12.1. The van der Waals surface area contributed by atoms with Crippen molar-refractivity contribution in [3.63, 3.8) is 0 Å². The lowest BCUT2D eigenvalue weighted by Crippen LogP contribution is -2.43. The van der Waals surface area contributed by atoms with Gasteiger partial charge in [0.05, 0.1) is 37.6 Å². The summed E-state index contributed by atoms with van der Waals surface area (Å²) in [6.45, 7) is 11.2. The second kappa shape index (κ2) is 24.1. The molecule has 6 heterocycles. The highest BCUT2D eigenvalue weighted by Crippen LogP contribution is 2.47. The summed E-state index contributed by atoms with van der Waals surface area (Å²) in [6, 6.07) is 72.5. The van der Waals surface area contributed by atoms with Crippen LogP contribution in [0.4, 0.5) is 0 Å². The fourth-order valence-electron chi connectivity index (χ4n) is 12.5. The molecule has 14 aromatic rings. The van der Waals surface area contributed by atoms with Crippen LogP contribution in [-0.2, 0) is 34.6 Å². The SMILES string of the molecule is COC(=O)c1cn(C(c2ccccc2)(c2ccccc2)c2ccccc2)c2ncc(-c3nn(C)c4ccc(O)cc34)nc12.COC(=O)c1cn(C(c2ccccc2)(c2ccccc2)c2ccccc2)c2ncc(-c3nn(C)c4ccc(O[Si](C)(C)C(C)(C)C)cc34)nc12. The van der Waals surface area contributed by atoms with Gasteiger partial charge in [0.15, 0.2) is 11.3 Å². The van der Waals surface area contributed by atoms with Gasteiger partial charge in [-0.05, 0) is 87.9 Å². The second-order valence-electron chi connectivity index (χ2n) is 24.5. The first-order valence-corrected chi connectivity index (χ1v) is 33.5. The number of methoxy groups -OCH3 is 2. The Labute approximate surface area is 539 Å². The average Bonchev–Trinajstić information content (AvgIpc) is 1.68. The van der Waals surface area contributed by atoms with Gasteiger partial charge in [-0.2, -0.15) is 10.2 Å². The van der Waals surface area contributed by atoms with Crippen molar-refractivity contribution in [2.75, 3.05) is 14.2 Å². The number of phenolic OH excluding ortho intramolecular Hbond substituents is 1. The maximum atomic E-state index is 13.6. The molecule has 0 bridgehead atoms. The summed E-state index contributed by atoms with van der Waals surface area (Å²) in [4.78, 5) is 47.1. The molecule has 0 spiro atoms. The number of fused-ring (bicyclic) bond motifs is 4. The van der Waals surface area contributed by atoms with Crippen LogP contribution in [-0.4, -0.2) is 88.2 Å². The number of hydrogen-bond acceptors (Lipinski definition) is 12. The molecule has 1 N–H and O–H groups in total. The summed E-state index contributed by atoms with van der Waals surface area (Å²) in [6.07, 6.45) is 7.02. The lowest BCUT2D eigenvalue weighted by Gasteiger charge is -2.38. The van der Waals surface area contributed by atoms with E-state index in [1.54, 1.807) is 41.5 Å². The van der Waals surface area contributed by atoms with E-state index in [1.807, 2.05) is 157 Å². The number of hydrogen-bond donors (Lipinski definition) is 1. The smallest absolute Gasteiger partial charge is 0.341 e. The van der Waals surface area contributed by atoms with Crippen molar-refractivity contribution in [3.8, 4) is 34.3 Å². The first-order chi connectivity index (χ1) is 45.0. The molecule has 0 aliphatic rings. The third-order valence-electron chi connectivity index (χ3n) is 18.0. The Morgan fingerprint density at radius 1 is 0.462 bits per heavy atom. The second-order valence-corrected chi connectivity index (χ2v) is 29.2. The minimum absolute atomic E-state index is 0.0438. The Morgan fingerprint density at radius 2 is 0.796 bits per heavy atom. The highest BCUT2D eigenvalue weighted by Gasteiger charge is 2.44. The highest BCUT2D eigenvalue weighted by molar-refractivity contribution is 6.74. The Kier molecular flexibility index (Phi) is 15.7. The van der Waals surface area contributed by atoms with E-state index in [4.69, 9.17) is 38.9 Å². The number of aromatic nitrogens is 10. The maximum Gasteiger partial charge on any atom is 0.341 e. The van der Waals surface area contributed by atoms with Crippen LogP contribution in [0.3, 0.4) is 0 Å². The topological polar surface area (TPSA) is 179 Å². The lowest BCUT2D eigenvalue weighted by molar-refractivity contribution is 0.0593. The van der Waals surface area contributed by atoms with E-state index in [-0.39, 0.29) is 16.4 Å². The van der Waals surface area contributed by atoms with E-state index in [1.165, 1.54) is 14.2 Å². The molecule has 0 aliphatic heterocycles. The summed E-state index contributed by atoms with van der Waals surface area (Å²) in [5, 5.41) is 21.4. The molecular formula is C76H68N10O6Si. The molecule has 6 aromatic heterocycles. The first-order valence-electron chi connectivity index (χ1n) is 30.6. The van der Waals surface area contributed by atoms with Gasteiger partial charge >= 0.3 is 11.9 Å². The van der Waals surface area contributed by atoms with Crippen LogP contribution >= 0.6 is 0 Å². The van der Waals surface area contributed by atoms with Gasteiger partial charge in [0.25, 0.3) is 0 Å². The molecule has 462 valence electrons. The molecule has 0 atom stereocenters. The molecule has 16 nitrogen and oxygen atoms in total. The Bertz CT molecular complexity index is 4870. The average molecular weight is 1250 g/mol. The van der Waals surface area contributed by atoms with Crippen molar-refractivity contribution >= 4 is 64.4 Å². The lowest BCUT2D eigenvalue weighted by atomic mass is 9.76. The van der Waals surface area contributed by atoms with Gasteiger partial charge in [0.2, 0.25) is 8.32 Å². The van der Waals surface area contributed by atoms with Crippen molar-refractivity contribution in [2.24, 2.45) is 14.1 Å². The highest BCUT2D eigenvalue weighted by atomic mass is 28.4. The zero-order valence-corrected chi connectivity index (χ0v) is 54.1. The molecule has 0 saturated carbocycles. The molecule has 0 amide bonds. The van der Waals surface area contributed by atoms with Crippen LogP contribution < -0.4 is 4.43 Å². The minimum atomic E-state index is -2.09. The van der Waals surface area contributed by atoms with Gasteiger partial charge < -0.3 is 28.1 Å². The summed E-state index contributed by atoms with van der Waals surface area (Å²) in [5.74, 6) is -0.108. The number of esters is 2. The van der Waals surface area contributed by atoms with E-state index >= 15 is 0 Å². The van der Waals surface area contributed by atoms with Gasteiger partial charge in [-0.15, -0.1) is 0 Å². The quantitative estimate of drug-likeness (QED) is 0.0619. The number of phenols is 1. The largest absolute Gasteiger partial charge is 0.543 e. The molecule has 0 unspecified atom stereocenters. The number of ether oxygens (including phenoxy) is 2. The fraction of sp³-hybridized carbons (Fsp3) is 0.158. The van der Waals surface area contributed by atoms with Crippen molar-refractivity contribution in [1.29, 1.82) is 0 Å². The molecule has 14 rings (SSSR count). The van der Waals surface area contributed by atoms with Crippen molar-refractivity contribution in [3.05, 3.63) is 288 Å². The van der Waals surface area contributed by atoms with Crippen molar-refractivity contribution in [1.82, 2.24) is 48.6 Å². The summed E-state index contributed by atoms with van der Waals surface area (Å²) < 4.78 is 24.9.